The van der Waals surface area contributed by atoms with Gasteiger partial charge in [-0.05, 0) is 18.9 Å². The van der Waals surface area contributed by atoms with Gasteiger partial charge in [-0.25, -0.2) is 9.18 Å². The molecule has 8 heteroatoms. The Bertz CT molecular complexity index is 978. The number of aromatic carboxylic acids is 1. The van der Waals surface area contributed by atoms with E-state index in [-0.39, 0.29) is 46.5 Å². The molecule has 1 saturated carbocycles. The van der Waals surface area contributed by atoms with Crippen molar-refractivity contribution >= 4 is 34.2 Å². The number of carboxylic acid groups (broad SMARTS) is 1. The predicted octanol–water partition coefficient (Wildman–Crippen LogP) is 1.56. The summed E-state index contributed by atoms with van der Waals surface area (Å²) >= 11 is 0. The van der Waals surface area contributed by atoms with Gasteiger partial charge in [0, 0.05) is 19.2 Å². The molecule has 1 aromatic heterocycles. The van der Waals surface area contributed by atoms with Gasteiger partial charge in [0.25, 0.3) is 0 Å². The lowest BCUT2D eigenvalue weighted by Crippen LogP contribution is -2.37. The molecule has 1 aliphatic carbocycles. The quantitative estimate of drug-likeness (QED) is 0.871. The Morgan fingerprint density at radius 3 is 2.67 bits per heavy atom. The molecule has 4 rings (SSSR count). The highest BCUT2D eigenvalue weighted by molar-refractivity contribution is 6.10. The smallest absolute Gasteiger partial charge is 0.352 e. The van der Waals surface area contributed by atoms with Crippen molar-refractivity contribution in [1.29, 1.82) is 0 Å². The summed E-state index contributed by atoms with van der Waals surface area (Å²) in [5.41, 5.74) is -0.122. The fraction of sp³-hybridized carbons (Fsp3) is 0.312. The summed E-state index contributed by atoms with van der Waals surface area (Å²) in [6.07, 6.45) is 1.54. The molecule has 0 saturated heterocycles. The van der Waals surface area contributed by atoms with E-state index in [1.807, 2.05) is 0 Å². The van der Waals surface area contributed by atoms with E-state index in [0.717, 1.165) is 25.0 Å². The van der Waals surface area contributed by atoms with Crippen molar-refractivity contribution in [3.63, 3.8) is 0 Å². The molecule has 1 fully saturated rings. The summed E-state index contributed by atoms with van der Waals surface area (Å²) in [6.45, 7) is -0.0122. The zero-order valence-corrected chi connectivity index (χ0v) is 12.8. The Kier molecular flexibility index (Phi) is 2.93. The van der Waals surface area contributed by atoms with Gasteiger partial charge < -0.3 is 19.9 Å². The molecule has 124 valence electrons. The van der Waals surface area contributed by atoms with E-state index in [1.54, 1.807) is 7.05 Å². The molecule has 1 amide bonds. The molecule has 0 radical (unpaired) electrons. The minimum Gasteiger partial charge on any atom is -0.477 e. The number of nitrogens with one attached hydrogen (secondary N) is 1. The van der Waals surface area contributed by atoms with Crippen molar-refractivity contribution in [2.75, 3.05) is 23.8 Å². The molecular weight excluding hydrogens is 317 g/mol. The van der Waals surface area contributed by atoms with E-state index in [9.17, 15) is 23.9 Å². The van der Waals surface area contributed by atoms with E-state index in [0.29, 0.717) is 0 Å². The highest BCUT2D eigenvalue weighted by atomic mass is 19.1. The number of carboxylic acids is 1. The SMILES string of the molecule is CN1CC(=O)Nc2c1c(F)cc1c(=O)cc(C(=O)O)n(C3CC3)c21. The Hall–Kier alpha value is -2.90. The summed E-state index contributed by atoms with van der Waals surface area (Å²) in [7, 11) is 1.58. The number of carbonyl (C=O) groups excluding carboxylic acids is 1. The third-order valence-electron chi connectivity index (χ3n) is 4.42. The number of likely N-dealkylation sites (N-methyl/N-ethyl adjacent to an activating group) is 1. The van der Waals surface area contributed by atoms with Crippen LogP contribution in [0, 0.1) is 5.82 Å². The Morgan fingerprint density at radius 2 is 2.04 bits per heavy atom. The first-order valence-corrected chi connectivity index (χ1v) is 7.54. The second kappa shape index (κ2) is 4.80. The highest BCUT2D eigenvalue weighted by Gasteiger charge is 2.33. The summed E-state index contributed by atoms with van der Waals surface area (Å²) in [6, 6.07) is 2.07. The van der Waals surface area contributed by atoms with Crippen molar-refractivity contribution in [2.45, 2.75) is 18.9 Å². The van der Waals surface area contributed by atoms with Gasteiger partial charge in [0.1, 0.15) is 11.5 Å². The zero-order chi connectivity index (χ0) is 17.2. The molecule has 0 atom stereocenters. The predicted molar refractivity (Wildman–Crippen MR) is 85.3 cm³/mol. The van der Waals surface area contributed by atoms with Crippen molar-refractivity contribution < 1.29 is 19.1 Å². The van der Waals surface area contributed by atoms with Crippen LogP contribution in [0.5, 0.6) is 0 Å². The summed E-state index contributed by atoms with van der Waals surface area (Å²) in [4.78, 5) is 37.3. The number of halogens is 1. The minimum atomic E-state index is -1.23. The number of fused-ring (bicyclic) bond motifs is 3. The summed E-state index contributed by atoms with van der Waals surface area (Å²) in [5.74, 6) is -2.19. The lowest BCUT2D eigenvalue weighted by Gasteiger charge is -2.30. The molecule has 2 N–H and O–H groups in total. The van der Waals surface area contributed by atoms with Gasteiger partial charge in [0.05, 0.1) is 28.8 Å². The monoisotopic (exact) mass is 331 g/mol. The molecule has 0 bridgehead atoms. The molecule has 1 aliphatic heterocycles. The maximum Gasteiger partial charge on any atom is 0.352 e. The number of pyridine rings is 1. The molecule has 2 aliphatic rings. The number of hydrogen-bond acceptors (Lipinski definition) is 4. The second-order valence-corrected chi connectivity index (χ2v) is 6.18. The summed E-state index contributed by atoms with van der Waals surface area (Å²) < 4.78 is 16.0. The van der Waals surface area contributed by atoms with Gasteiger partial charge >= 0.3 is 5.97 Å². The van der Waals surface area contributed by atoms with Crippen LogP contribution in [0.3, 0.4) is 0 Å². The lowest BCUT2D eigenvalue weighted by atomic mass is 10.1. The number of aromatic nitrogens is 1. The Morgan fingerprint density at radius 1 is 1.33 bits per heavy atom. The van der Waals surface area contributed by atoms with E-state index in [2.05, 4.69) is 5.32 Å². The number of hydrogen-bond donors (Lipinski definition) is 2. The first kappa shape index (κ1) is 14.7. The molecular formula is C16H14FN3O4. The molecule has 7 nitrogen and oxygen atoms in total. The van der Waals surface area contributed by atoms with E-state index in [4.69, 9.17) is 0 Å². The minimum absolute atomic E-state index is 0.0122. The van der Waals surface area contributed by atoms with Crippen LogP contribution in [0.4, 0.5) is 15.8 Å². The van der Waals surface area contributed by atoms with Crippen LogP contribution < -0.4 is 15.6 Å². The highest BCUT2D eigenvalue weighted by Crippen LogP contribution is 2.43. The van der Waals surface area contributed by atoms with Gasteiger partial charge in [-0.15, -0.1) is 0 Å². The van der Waals surface area contributed by atoms with Crippen molar-refractivity contribution in [3.05, 3.63) is 33.9 Å². The number of benzene rings is 1. The van der Waals surface area contributed by atoms with Gasteiger partial charge in [-0.2, -0.15) is 0 Å². The van der Waals surface area contributed by atoms with Crippen LogP contribution in [0.15, 0.2) is 16.9 Å². The van der Waals surface area contributed by atoms with Gasteiger partial charge in [0.15, 0.2) is 5.43 Å². The number of rotatable bonds is 2. The van der Waals surface area contributed by atoms with Crippen molar-refractivity contribution in [1.82, 2.24) is 4.57 Å². The average molecular weight is 331 g/mol. The van der Waals surface area contributed by atoms with Crippen LogP contribution in [-0.4, -0.2) is 35.1 Å². The molecule has 2 heterocycles. The largest absolute Gasteiger partial charge is 0.477 e. The summed E-state index contributed by atoms with van der Waals surface area (Å²) in [5, 5.41) is 12.1. The Balaban J connectivity index is 2.20. The molecule has 2 aromatic rings. The third kappa shape index (κ3) is 1.99. The standard InChI is InChI=1S/C16H14FN3O4/c1-19-6-12(22)18-13-14-8(4-9(17)15(13)19)11(21)5-10(16(23)24)20(14)7-2-3-7/h4-5,7H,2-3,6H2,1H3,(H,18,22)(H,23,24). The lowest BCUT2D eigenvalue weighted by molar-refractivity contribution is -0.115. The van der Waals surface area contributed by atoms with Crippen LogP contribution >= 0.6 is 0 Å². The fourth-order valence-corrected chi connectivity index (χ4v) is 3.30. The molecule has 1 aromatic carbocycles. The van der Waals surface area contributed by atoms with Gasteiger partial charge in [-0.1, -0.05) is 0 Å². The number of anilines is 2. The molecule has 24 heavy (non-hydrogen) atoms. The maximum absolute atomic E-state index is 14.5. The van der Waals surface area contributed by atoms with Gasteiger partial charge in [0.2, 0.25) is 5.91 Å². The topological polar surface area (TPSA) is 91.6 Å². The number of carbonyl (C=O) groups is 2. The molecule has 0 spiro atoms. The van der Waals surface area contributed by atoms with E-state index in [1.165, 1.54) is 9.47 Å². The number of amides is 1. The zero-order valence-electron chi connectivity index (χ0n) is 12.8. The number of nitrogens with zero attached hydrogens (tertiary/aromatic N) is 2. The normalized spacial score (nSPS) is 16.9. The van der Waals surface area contributed by atoms with E-state index >= 15 is 0 Å². The Labute approximate surface area is 135 Å². The van der Waals surface area contributed by atoms with Crippen LogP contribution in [-0.2, 0) is 4.79 Å². The first-order chi connectivity index (χ1) is 11.4. The fourth-order valence-electron chi connectivity index (χ4n) is 3.30. The van der Waals surface area contributed by atoms with Crippen molar-refractivity contribution in [3.8, 4) is 0 Å². The van der Waals surface area contributed by atoms with Gasteiger partial charge in [-0.3, -0.25) is 9.59 Å². The van der Waals surface area contributed by atoms with Crippen LogP contribution in [0.2, 0.25) is 0 Å². The second-order valence-electron chi connectivity index (χ2n) is 6.18. The van der Waals surface area contributed by atoms with E-state index < -0.39 is 17.2 Å². The molecule has 0 unspecified atom stereocenters. The maximum atomic E-state index is 14.5. The third-order valence-corrected chi connectivity index (χ3v) is 4.42. The van der Waals surface area contributed by atoms with Crippen LogP contribution in [0.25, 0.3) is 10.9 Å². The average Bonchev–Trinajstić information content (AvgIpc) is 3.31. The van der Waals surface area contributed by atoms with Crippen LogP contribution in [0.1, 0.15) is 29.4 Å². The first-order valence-electron chi connectivity index (χ1n) is 7.54. The van der Waals surface area contributed by atoms with Crippen molar-refractivity contribution in [2.24, 2.45) is 0 Å².